The molecule has 112 valence electrons. The molecular formula is C11H14F3N3O2S. The van der Waals surface area contributed by atoms with Crippen LogP contribution in [0.25, 0.3) is 0 Å². The fraction of sp³-hybridized carbons (Fsp3) is 0.636. The number of nitrogens with zero attached hydrogens (tertiary/aromatic N) is 2. The van der Waals surface area contributed by atoms with Crippen molar-refractivity contribution in [3.8, 4) is 0 Å². The van der Waals surface area contributed by atoms with E-state index < -0.39 is 21.7 Å². The summed E-state index contributed by atoms with van der Waals surface area (Å²) in [5.41, 5.74) is -1.38. The van der Waals surface area contributed by atoms with E-state index in [4.69, 9.17) is 0 Å². The van der Waals surface area contributed by atoms with Crippen LogP contribution >= 0.6 is 0 Å². The minimum absolute atomic E-state index is 0.0705. The highest BCUT2D eigenvalue weighted by atomic mass is 32.2. The maximum absolute atomic E-state index is 12.3. The molecule has 0 spiro atoms. The molecule has 1 aromatic heterocycles. The van der Waals surface area contributed by atoms with Gasteiger partial charge in [-0.15, -0.1) is 10.2 Å². The molecule has 0 aromatic carbocycles. The summed E-state index contributed by atoms with van der Waals surface area (Å²) in [7, 11) is -3.07. The Bertz CT molecular complexity index is 580. The van der Waals surface area contributed by atoms with Crippen LogP contribution in [-0.4, -0.2) is 37.2 Å². The molecule has 0 radical (unpaired) electrons. The zero-order chi connectivity index (χ0) is 15.0. The van der Waals surface area contributed by atoms with Crippen molar-refractivity contribution in [2.75, 3.05) is 23.9 Å². The maximum Gasteiger partial charge on any atom is 0.435 e. The Morgan fingerprint density at radius 2 is 1.95 bits per heavy atom. The summed E-state index contributed by atoms with van der Waals surface area (Å²) >= 11 is 0. The van der Waals surface area contributed by atoms with E-state index in [0.717, 1.165) is 18.9 Å². The Balaban J connectivity index is 1.95. The number of hydrogen-bond donors (Lipinski definition) is 1. The highest BCUT2D eigenvalue weighted by Gasteiger charge is 2.45. The van der Waals surface area contributed by atoms with Gasteiger partial charge in [-0.2, -0.15) is 13.2 Å². The number of aromatic nitrogens is 2. The number of sulfone groups is 1. The van der Waals surface area contributed by atoms with Gasteiger partial charge in [0.25, 0.3) is 0 Å². The van der Waals surface area contributed by atoms with Gasteiger partial charge in [0.2, 0.25) is 0 Å². The number of anilines is 1. The summed E-state index contributed by atoms with van der Waals surface area (Å²) in [6.45, 7) is 0.361. The number of rotatable bonds is 5. The lowest BCUT2D eigenvalue weighted by molar-refractivity contribution is -0.141. The molecule has 0 unspecified atom stereocenters. The normalized spacial score (nSPS) is 17.8. The van der Waals surface area contributed by atoms with Crippen LogP contribution in [0.1, 0.15) is 18.5 Å². The minimum Gasteiger partial charge on any atom is -0.368 e. The highest BCUT2D eigenvalue weighted by molar-refractivity contribution is 7.90. The third-order valence-corrected chi connectivity index (χ3v) is 4.26. The molecule has 0 saturated heterocycles. The quantitative estimate of drug-likeness (QED) is 0.897. The van der Waals surface area contributed by atoms with Crippen molar-refractivity contribution in [2.24, 2.45) is 5.41 Å². The van der Waals surface area contributed by atoms with Crippen molar-refractivity contribution in [3.05, 3.63) is 17.8 Å². The molecule has 0 amide bonds. The fourth-order valence-electron chi connectivity index (χ4n) is 1.96. The van der Waals surface area contributed by atoms with Gasteiger partial charge in [0.05, 0.1) is 5.75 Å². The van der Waals surface area contributed by atoms with Gasteiger partial charge in [0, 0.05) is 18.2 Å². The molecule has 1 aliphatic rings. The SMILES string of the molecule is CS(=O)(=O)CC1(CNc2ccc(C(F)(F)F)nn2)CC1. The van der Waals surface area contributed by atoms with Crippen molar-refractivity contribution in [1.82, 2.24) is 10.2 Å². The molecule has 0 atom stereocenters. The van der Waals surface area contributed by atoms with Crippen LogP contribution in [-0.2, 0) is 16.0 Å². The summed E-state index contributed by atoms with van der Waals surface area (Å²) in [5, 5.41) is 9.38. The highest BCUT2D eigenvalue weighted by Crippen LogP contribution is 2.46. The van der Waals surface area contributed by atoms with Gasteiger partial charge < -0.3 is 5.32 Å². The zero-order valence-electron chi connectivity index (χ0n) is 10.7. The van der Waals surface area contributed by atoms with E-state index >= 15 is 0 Å². The van der Waals surface area contributed by atoms with Crippen molar-refractivity contribution >= 4 is 15.7 Å². The molecule has 1 N–H and O–H groups in total. The predicted molar refractivity (Wildman–Crippen MR) is 66.9 cm³/mol. The molecule has 1 fully saturated rings. The molecule has 9 heteroatoms. The molecule has 0 bridgehead atoms. The van der Waals surface area contributed by atoms with Crippen LogP contribution in [0.4, 0.5) is 19.0 Å². The molecule has 5 nitrogen and oxygen atoms in total. The average Bonchev–Trinajstić information content (AvgIpc) is 3.04. The molecule has 20 heavy (non-hydrogen) atoms. The lowest BCUT2D eigenvalue weighted by Gasteiger charge is -2.15. The number of nitrogens with one attached hydrogen (secondary N) is 1. The molecule has 2 rings (SSSR count). The summed E-state index contributed by atoms with van der Waals surface area (Å²) in [6, 6.07) is 2.03. The topological polar surface area (TPSA) is 72.0 Å². The van der Waals surface area contributed by atoms with Crippen LogP contribution in [0.3, 0.4) is 0 Å². The van der Waals surface area contributed by atoms with Gasteiger partial charge in [-0.3, -0.25) is 0 Å². The Morgan fingerprint density at radius 1 is 1.30 bits per heavy atom. The Morgan fingerprint density at radius 3 is 2.35 bits per heavy atom. The van der Waals surface area contributed by atoms with Crippen molar-refractivity contribution in [2.45, 2.75) is 19.0 Å². The minimum atomic E-state index is -4.51. The van der Waals surface area contributed by atoms with Crippen LogP contribution in [0.5, 0.6) is 0 Å². The summed E-state index contributed by atoms with van der Waals surface area (Å²) in [5.74, 6) is 0.277. The lowest BCUT2D eigenvalue weighted by atomic mass is 10.1. The van der Waals surface area contributed by atoms with Gasteiger partial charge in [0.15, 0.2) is 5.69 Å². The number of alkyl halides is 3. The molecule has 1 heterocycles. The van der Waals surface area contributed by atoms with Crippen LogP contribution in [0.15, 0.2) is 12.1 Å². The van der Waals surface area contributed by atoms with Crippen LogP contribution in [0.2, 0.25) is 0 Å². The Kier molecular flexibility index (Phi) is 3.66. The van der Waals surface area contributed by atoms with Crippen molar-refractivity contribution in [3.63, 3.8) is 0 Å². The van der Waals surface area contributed by atoms with Crippen LogP contribution in [0, 0.1) is 5.41 Å². The zero-order valence-corrected chi connectivity index (χ0v) is 11.6. The molecule has 0 aliphatic heterocycles. The van der Waals surface area contributed by atoms with Gasteiger partial charge in [-0.05, 0) is 25.0 Å². The van der Waals surface area contributed by atoms with E-state index in [0.29, 0.717) is 6.54 Å². The predicted octanol–water partition coefficient (Wildman–Crippen LogP) is 1.73. The van der Waals surface area contributed by atoms with Crippen molar-refractivity contribution < 1.29 is 21.6 Å². The van der Waals surface area contributed by atoms with Gasteiger partial charge in [0.1, 0.15) is 15.7 Å². The molecular weight excluding hydrogens is 295 g/mol. The van der Waals surface area contributed by atoms with E-state index in [9.17, 15) is 21.6 Å². The first-order valence-electron chi connectivity index (χ1n) is 5.92. The third kappa shape index (κ3) is 4.06. The number of hydrogen-bond acceptors (Lipinski definition) is 5. The second-order valence-electron chi connectivity index (χ2n) is 5.23. The van der Waals surface area contributed by atoms with E-state index in [1.54, 1.807) is 0 Å². The van der Waals surface area contributed by atoms with E-state index in [1.807, 2.05) is 0 Å². The Labute approximate surface area is 114 Å². The average molecular weight is 309 g/mol. The lowest BCUT2D eigenvalue weighted by Crippen LogP contribution is -2.24. The summed E-state index contributed by atoms with van der Waals surface area (Å²) in [4.78, 5) is 0. The monoisotopic (exact) mass is 309 g/mol. The second-order valence-corrected chi connectivity index (χ2v) is 7.37. The first kappa shape index (κ1) is 15.0. The van der Waals surface area contributed by atoms with Crippen molar-refractivity contribution in [1.29, 1.82) is 0 Å². The Hall–Kier alpha value is -1.38. The van der Waals surface area contributed by atoms with Gasteiger partial charge in [-0.25, -0.2) is 8.42 Å². The van der Waals surface area contributed by atoms with E-state index in [-0.39, 0.29) is 17.0 Å². The standard InChI is InChI=1S/C11H14F3N3O2S/c1-20(18,19)7-10(4-5-10)6-15-9-3-2-8(16-17-9)11(12,13)14/h2-3H,4-7H2,1H3,(H,15,17). The van der Waals surface area contributed by atoms with Crippen LogP contribution < -0.4 is 5.32 Å². The molecule has 1 saturated carbocycles. The largest absolute Gasteiger partial charge is 0.435 e. The smallest absolute Gasteiger partial charge is 0.368 e. The summed E-state index contributed by atoms with van der Waals surface area (Å²) in [6.07, 6.45) is -1.78. The first-order chi connectivity index (χ1) is 9.10. The summed E-state index contributed by atoms with van der Waals surface area (Å²) < 4.78 is 59.4. The van der Waals surface area contributed by atoms with Gasteiger partial charge >= 0.3 is 6.18 Å². The van der Waals surface area contributed by atoms with E-state index in [2.05, 4.69) is 15.5 Å². The third-order valence-electron chi connectivity index (χ3n) is 3.12. The molecule has 1 aliphatic carbocycles. The first-order valence-corrected chi connectivity index (χ1v) is 7.98. The second kappa shape index (κ2) is 4.87. The number of halogens is 3. The van der Waals surface area contributed by atoms with Gasteiger partial charge in [-0.1, -0.05) is 0 Å². The maximum atomic E-state index is 12.3. The fourth-order valence-corrected chi connectivity index (χ4v) is 3.46. The molecule has 1 aromatic rings. The van der Waals surface area contributed by atoms with E-state index in [1.165, 1.54) is 12.3 Å².